The highest BCUT2D eigenvalue weighted by Gasteiger charge is 2.39. The molecule has 2 heterocycles. The summed E-state index contributed by atoms with van der Waals surface area (Å²) in [7, 11) is 0. The maximum absolute atomic E-state index is 14.0. The van der Waals surface area contributed by atoms with Crippen LogP contribution >= 0.6 is 35.6 Å². The fourth-order valence-corrected chi connectivity index (χ4v) is 3.88. The molecule has 4 rings (SSSR count). The van der Waals surface area contributed by atoms with E-state index in [1.54, 1.807) is 35.2 Å². The number of benzene rings is 2. The Balaban J connectivity index is 0.00000225. The van der Waals surface area contributed by atoms with Gasteiger partial charge in [0.05, 0.1) is 15.6 Å². The highest BCUT2D eigenvalue weighted by Crippen LogP contribution is 2.35. The molecule has 5 nitrogen and oxygen atoms in total. The summed E-state index contributed by atoms with van der Waals surface area (Å²) in [4.78, 5) is 19.0. The number of likely N-dealkylation sites (tertiary alicyclic amines) is 1. The van der Waals surface area contributed by atoms with Crippen LogP contribution in [0.4, 0.5) is 10.1 Å². The van der Waals surface area contributed by atoms with E-state index >= 15 is 0 Å². The number of anilines is 1. The molecule has 1 spiro atoms. The third-order valence-corrected chi connectivity index (χ3v) is 5.75. The Morgan fingerprint density at radius 3 is 2.57 bits per heavy atom. The van der Waals surface area contributed by atoms with E-state index in [9.17, 15) is 9.18 Å². The molecule has 28 heavy (non-hydrogen) atoms. The number of halogens is 4. The zero-order valence-electron chi connectivity index (χ0n) is 14.7. The van der Waals surface area contributed by atoms with Crippen LogP contribution in [0.5, 0.6) is 0 Å². The molecule has 3 N–H and O–H groups in total. The van der Waals surface area contributed by atoms with Crippen LogP contribution in [0.25, 0.3) is 0 Å². The second kappa shape index (κ2) is 7.78. The maximum Gasteiger partial charge on any atom is 0.253 e. The number of piperidine rings is 1. The molecule has 2 aromatic carbocycles. The number of amidine groups is 1. The molecule has 2 aliphatic heterocycles. The molecule has 0 saturated carbocycles. The van der Waals surface area contributed by atoms with Gasteiger partial charge in [0.25, 0.3) is 5.91 Å². The van der Waals surface area contributed by atoms with Crippen LogP contribution in [0.15, 0.2) is 41.4 Å². The molecule has 2 aromatic rings. The number of aliphatic imine (C=N–C) groups is 1. The van der Waals surface area contributed by atoms with E-state index in [2.05, 4.69) is 10.3 Å². The molecule has 0 aromatic heterocycles. The Hall–Kier alpha value is -2.02. The largest absolute Gasteiger partial charge is 0.383 e. The first-order chi connectivity index (χ1) is 12.9. The number of amides is 1. The van der Waals surface area contributed by atoms with Gasteiger partial charge in [-0.2, -0.15) is 0 Å². The fourth-order valence-electron chi connectivity index (χ4n) is 3.58. The van der Waals surface area contributed by atoms with Gasteiger partial charge in [0.15, 0.2) is 0 Å². The van der Waals surface area contributed by atoms with E-state index in [4.69, 9.17) is 28.9 Å². The molecular formula is C19H18Cl3FN4O. The van der Waals surface area contributed by atoms with Gasteiger partial charge in [-0.25, -0.2) is 9.38 Å². The van der Waals surface area contributed by atoms with Crippen molar-refractivity contribution in [1.82, 2.24) is 4.90 Å². The number of carbonyl (C=O) groups excluding carboxylic acids is 1. The van der Waals surface area contributed by atoms with E-state index in [1.807, 2.05) is 0 Å². The van der Waals surface area contributed by atoms with Gasteiger partial charge in [-0.15, -0.1) is 12.4 Å². The summed E-state index contributed by atoms with van der Waals surface area (Å²) in [6.07, 6.45) is 1.13. The maximum atomic E-state index is 14.0. The zero-order chi connectivity index (χ0) is 19.2. The van der Waals surface area contributed by atoms with E-state index in [0.29, 0.717) is 52.8 Å². The van der Waals surface area contributed by atoms with E-state index in [1.165, 1.54) is 6.07 Å². The topological polar surface area (TPSA) is 70.7 Å². The monoisotopic (exact) mass is 442 g/mol. The first kappa shape index (κ1) is 20.7. The molecule has 1 amide bonds. The third-order valence-electron chi connectivity index (χ3n) is 5.02. The van der Waals surface area contributed by atoms with Crippen molar-refractivity contribution in [3.05, 3.63) is 63.4 Å². The Kier molecular flexibility index (Phi) is 5.75. The summed E-state index contributed by atoms with van der Waals surface area (Å²) in [5.41, 5.74) is 6.83. The lowest BCUT2D eigenvalue weighted by atomic mass is 9.93. The van der Waals surface area contributed by atoms with Crippen molar-refractivity contribution in [2.24, 2.45) is 10.7 Å². The van der Waals surface area contributed by atoms with Crippen LogP contribution in [-0.4, -0.2) is 35.4 Å². The van der Waals surface area contributed by atoms with Crippen molar-refractivity contribution in [3.8, 4) is 0 Å². The minimum Gasteiger partial charge on any atom is -0.383 e. The van der Waals surface area contributed by atoms with Crippen LogP contribution in [0.2, 0.25) is 10.0 Å². The summed E-state index contributed by atoms with van der Waals surface area (Å²) >= 11 is 11.9. The molecule has 0 unspecified atom stereocenters. The smallest absolute Gasteiger partial charge is 0.253 e. The number of carbonyl (C=O) groups is 1. The highest BCUT2D eigenvalue weighted by atomic mass is 35.5. The second-order valence-corrected chi connectivity index (χ2v) is 7.55. The molecule has 1 saturated heterocycles. The fraction of sp³-hybridized carbons (Fsp3) is 0.263. The minimum absolute atomic E-state index is 0. The van der Waals surface area contributed by atoms with Gasteiger partial charge in [-0.3, -0.25) is 4.79 Å². The molecule has 2 aliphatic rings. The molecule has 0 atom stereocenters. The molecular weight excluding hydrogens is 426 g/mol. The standard InChI is InChI=1S/C19H17Cl2FN4O.ClH/c20-12-5-4-11(10-13(12)21)18(27)26-8-6-19(7-9-26)24-15-3-1-2-14(22)16(15)17(23)25-19;/h1-5,10,24H,6-9H2,(H2,23,25);1H. The predicted octanol–water partition coefficient (Wildman–Crippen LogP) is 4.32. The zero-order valence-corrected chi connectivity index (χ0v) is 17.0. The van der Waals surface area contributed by atoms with Crippen molar-refractivity contribution >= 4 is 53.0 Å². The van der Waals surface area contributed by atoms with Gasteiger partial charge >= 0.3 is 0 Å². The molecule has 9 heteroatoms. The first-order valence-corrected chi connectivity index (χ1v) is 9.31. The predicted molar refractivity (Wildman–Crippen MR) is 112 cm³/mol. The summed E-state index contributed by atoms with van der Waals surface area (Å²) in [6.45, 7) is 0.987. The van der Waals surface area contributed by atoms with Crippen molar-refractivity contribution in [3.63, 3.8) is 0 Å². The Morgan fingerprint density at radius 2 is 1.89 bits per heavy atom. The number of fused-ring (bicyclic) bond motifs is 1. The molecule has 148 valence electrons. The average molecular weight is 444 g/mol. The summed E-state index contributed by atoms with van der Waals surface area (Å²) in [5.74, 6) is -0.322. The van der Waals surface area contributed by atoms with Crippen LogP contribution in [0, 0.1) is 5.82 Å². The van der Waals surface area contributed by atoms with Gasteiger partial charge in [0.2, 0.25) is 0 Å². The highest BCUT2D eigenvalue weighted by molar-refractivity contribution is 6.42. The van der Waals surface area contributed by atoms with Crippen LogP contribution in [-0.2, 0) is 0 Å². The quantitative estimate of drug-likeness (QED) is 0.689. The number of hydrogen-bond donors (Lipinski definition) is 2. The van der Waals surface area contributed by atoms with Crippen LogP contribution < -0.4 is 11.1 Å². The Bertz CT molecular complexity index is 958. The average Bonchev–Trinajstić information content (AvgIpc) is 2.64. The number of nitrogens with two attached hydrogens (primary N) is 1. The van der Waals surface area contributed by atoms with Gasteiger partial charge in [0, 0.05) is 37.2 Å². The molecule has 1 fully saturated rings. The van der Waals surface area contributed by atoms with Crippen molar-refractivity contribution in [2.75, 3.05) is 18.4 Å². The molecule has 0 bridgehead atoms. The molecule has 0 radical (unpaired) electrons. The number of rotatable bonds is 1. The van der Waals surface area contributed by atoms with Gasteiger partial charge in [0.1, 0.15) is 17.3 Å². The SMILES string of the molecule is Cl.NC1=NC2(CCN(C(=O)c3ccc(Cl)c(Cl)c3)CC2)Nc2cccc(F)c21. The normalized spacial score (nSPS) is 17.2. The van der Waals surface area contributed by atoms with E-state index < -0.39 is 11.5 Å². The van der Waals surface area contributed by atoms with Crippen molar-refractivity contribution < 1.29 is 9.18 Å². The van der Waals surface area contributed by atoms with Gasteiger partial charge in [-0.05, 0) is 30.3 Å². The van der Waals surface area contributed by atoms with Gasteiger partial charge < -0.3 is 16.0 Å². The van der Waals surface area contributed by atoms with Crippen LogP contribution in [0.1, 0.15) is 28.8 Å². The van der Waals surface area contributed by atoms with Crippen molar-refractivity contribution in [1.29, 1.82) is 0 Å². The second-order valence-electron chi connectivity index (χ2n) is 6.74. The molecule has 0 aliphatic carbocycles. The summed E-state index contributed by atoms with van der Waals surface area (Å²) in [5, 5.41) is 4.07. The lowest BCUT2D eigenvalue weighted by molar-refractivity contribution is 0.0685. The Morgan fingerprint density at radius 1 is 1.18 bits per heavy atom. The Labute approximate surface area is 178 Å². The lowest BCUT2D eigenvalue weighted by Crippen LogP contribution is -2.52. The third kappa shape index (κ3) is 3.64. The van der Waals surface area contributed by atoms with E-state index in [-0.39, 0.29) is 24.1 Å². The van der Waals surface area contributed by atoms with Crippen LogP contribution in [0.3, 0.4) is 0 Å². The minimum atomic E-state index is -0.626. The first-order valence-electron chi connectivity index (χ1n) is 8.55. The number of hydrogen-bond acceptors (Lipinski definition) is 4. The summed E-state index contributed by atoms with van der Waals surface area (Å²) in [6, 6.07) is 9.63. The van der Waals surface area contributed by atoms with E-state index in [0.717, 1.165) is 0 Å². The number of nitrogens with zero attached hydrogens (tertiary/aromatic N) is 2. The summed E-state index contributed by atoms with van der Waals surface area (Å²) < 4.78 is 14.0. The van der Waals surface area contributed by atoms with Gasteiger partial charge in [-0.1, -0.05) is 29.3 Å². The number of nitrogens with one attached hydrogen (secondary N) is 1. The lowest BCUT2D eigenvalue weighted by Gasteiger charge is -2.42. The van der Waals surface area contributed by atoms with Crippen molar-refractivity contribution in [2.45, 2.75) is 18.5 Å².